The van der Waals surface area contributed by atoms with Crippen molar-refractivity contribution < 1.29 is 23.1 Å². The van der Waals surface area contributed by atoms with E-state index in [0.717, 1.165) is 0 Å². The topological polar surface area (TPSA) is 93.9 Å². The number of carbonyl (C=O) groups is 1. The van der Waals surface area contributed by atoms with E-state index in [0.29, 0.717) is 11.8 Å². The summed E-state index contributed by atoms with van der Waals surface area (Å²) in [6.45, 7) is 0. The fraction of sp³-hybridized carbons (Fsp3) is 0.222. The third-order valence-corrected chi connectivity index (χ3v) is 3.21. The predicted octanol–water partition coefficient (Wildman–Crippen LogP) is 2.10. The van der Waals surface area contributed by atoms with Gasteiger partial charge in [0.15, 0.2) is 0 Å². The largest absolute Gasteiger partial charge is 0.481 e. The second-order valence-corrected chi connectivity index (χ2v) is 4.50. The van der Waals surface area contributed by atoms with E-state index in [1.54, 1.807) is 0 Å². The van der Waals surface area contributed by atoms with Crippen LogP contribution in [0, 0.1) is 11.3 Å². The molecule has 0 atom stereocenters. The van der Waals surface area contributed by atoms with Crippen molar-refractivity contribution in [2.45, 2.75) is 11.2 Å². The van der Waals surface area contributed by atoms with Gasteiger partial charge < -0.3 is 10.1 Å². The molecule has 0 amide bonds. The number of alkyl halides is 3. The molecule has 0 aliphatic rings. The number of thioether (sulfide) groups is 1. The third-order valence-electron chi connectivity index (χ3n) is 1.86. The lowest BCUT2D eigenvalue weighted by Gasteiger charge is -2.12. The summed E-state index contributed by atoms with van der Waals surface area (Å²) < 4.78 is 38.2. The number of hydrogen-bond acceptors (Lipinski definition) is 4. The quantitative estimate of drug-likeness (QED) is 0.834. The highest BCUT2D eigenvalue weighted by molar-refractivity contribution is 7.99. The Hall–Kier alpha value is -1.66. The Bertz CT molecular complexity index is 621. The van der Waals surface area contributed by atoms with Crippen molar-refractivity contribution in [2.24, 2.45) is 0 Å². The van der Waals surface area contributed by atoms with E-state index in [4.69, 9.17) is 22.0 Å². The number of hydrogen-bond donors (Lipinski definition) is 2. The molecule has 10 heteroatoms. The van der Waals surface area contributed by atoms with Gasteiger partial charge in [0.25, 0.3) is 5.56 Å². The number of nitrogens with zero attached hydrogens (tertiary/aromatic N) is 1. The van der Waals surface area contributed by atoms with Crippen molar-refractivity contribution in [3.63, 3.8) is 0 Å². The Labute approximate surface area is 113 Å². The van der Waals surface area contributed by atoms with Crippen molar-refractivity contribution in [3.8, 4) is 6.07 Å². The van der Waals surface area contributed by atoms with Gasteiger partial charge in [-0.15, -0.1) is 0 Å². The molecular formula is C9H4ClF3N2O3S. The van der Waals surface area contributed by atoms with Gasteiger partial charge in [0.1, 0.15) is 16.7 Å². The maximum atomic E-state index is 12.7. The number of halogens is 4. The Morgan fingerprint density at radius 1 is 1.53 bits per heavy atom. The average molecular weight is 313 g/mol. The van der Waals surface area contributed by atoms with E-state index < -0.39 is 44.6 Å². The number of carboxylic acid groups (broad SMARTS) is 1. The molecule has 0 radical (unpaired) electrons. The van der Waals surface area contributed by atoms with Crippen LogP contribution < -0.4 is 5.56 Å². The third kappa shape index (κ3) is 3.42. The van der Waals surface area contributed by atoms with Gasteiger partial charge in [0.2, 0.25) is 0 Å². The van der Waals surface area contributed by atoms with Crippen LogP contribution in [0.2, 0.25) is 5.02 Å². The van der Waals surface area contributed by atoms with Crippen molar-refractivity contribution in [1.29, 1.82) is 5.26 Å². The van der Waals surface area contributed by atoms with Gasteiger partial charge >= 0.3 is 12.1 Å². The number of carboxylic acids is 1. The summed E-state index contributed by atoms with van der Waals surface area (Å²) in [4.78, 5) is 23.6. The fourth-order valence-electron chi connectivity index (χ4n) is 1.17. The summed E-state index contributed by atoms with van der Waals surface area (Å²) in [7, 11) is 0. The van der Waals surface area contributed by atoms with Gasteiger partial charge in [-0.3, -0.25) is 9.59 Å². The van der Waals surface area contributed by atoms with Gasteiger partial charge in [-0.25, -0.2) is 0 Å². The molecule has 0 aliphatic carbocycles. The maximum Gasteiger partial charge on any atom is 0.419 e. The van der Waals surface area contributed by atoms with Crippen LogP contribution in [0.25, 0.3) is 0 Å². The standard InChI is InChI=1S/C9H4ClF3N2O3S/c10-6-5(9(11,12)13)3(1-14)8(15-7(6)18)19-2-4(16)17/h2H2,(H,15,18)(H,16,17). The number of aliphatic carboxylic acids is 1. The molecule has 0 fully saturated rings. The van der Waals surface area contributed by atoms with Crippen LogP contribution in [-0.4, -0.2) is 21.8 Å². The lowest BCUT2D eigenvalue weighted by molar-refractivity contribution is -0.138. The average Bonchev–Trinajstić information content (AvgIpc) is 2.27. The molecule has 1 rings (SSSR count). The highest BCUT2D eigenvalue weighted by atomic mass is 35.5. The van der Waals surface area contributed by atoms with Crippen LogP contribution in [-0.2, 0) is 11.0 Å². The molecule has 2 N–H and O–H groups in total. The number of aromatic amines is 1. The number of rotatable bonds is 3. The molecule has 0 saturated carbocycles. The lowest BCUT2D eigenvalue weighted by atomic mass is 10.1. The molecule has 0 unspecified atom stereocenters. The van der Waals surface area contributed by atoms with Crippen molar-refractivity contribution in [2.75, 3.05) is 5.75 Å². The first-order valence-corrected chi connectivity index (χ1v) is 5.82. The fourth-order valence-corrected chi connectivity index (χ4v) is 2.15. The van der Waals surface area contributed by atoms with Crippen LogP contribution in [0.1, 0.15) is 11.1 Å². The molecule has 1 heterocycles. The van der Waals surface area contributed by atoms with E-state index in [1.807, 2.05) is 4.98 Å². The number of H-pyrrole nitrogens is 1. The molecule has 102 valence electrons. The van der Waals surface area contributed by atoms with E-state index in [2.05, 4.69) is 0 Å². The second kappa shape index (κ2) is 5.54. The summed E-state index contributed by atoms with van der Waals surface area (Å²) in [5, 5.41) is 15.6. The summed E-state index contributed by atoms with van der Waals surface area (Å²) in [6, 6.07) is 1.27. The first-order valence-electron chi connectivity index (χ1n) is 4.46. The number of nitriles is 1. The molecular weight excluding hydrogens is 309 g/mol. The molecule has 19 heavy (non-hydrogen) atoms. The Morgan fingerprint density at radius 2 is 2.11 bits per heavy atom. The minimum atomic E-state index is -4.99. The van der Waals surface area contributed by atoms with E-state index >= 15 is 0 Å². The molecule has 0 saturated heterocycles. The monoisotopic (exact) mass is 312 g/mol. The summed E-state index contributed by atoms with van der Waals surface area (Å²) in [6.07, 6.45) is -4.99. The number of pyridine rings is 1. The van der Waals surface area contributed by atoms with Gasteiger partial charge in [-0.05, 0) is 0 Å². The van der Waals surface area contributed by atoms with Crippen LogP contribution in [0.5, 0.6) is 0 Å². The molecule has 1 aromatic rings. The summed E-state index contributed by atoms with van der Waals surface area (Å²) >= 11 is 5.65. The highest BCUT2D eigenvalue weighted by Crippen LogP contribution is 2.38. The predicted molar refractivity (Wildman–Crippen MR) is 60.1 cm³/mol. The van der Waals surface area contributed by atoms with Crippen molar-refractivity contribution in [3.05, 3.63) is 26.5 Å². The summed E-state index contributed by atoms with van der Waals surface area (Å²) in [5.41, 5.74) is -3.70. The zero-order chi connectivity index (χ0) is 14.8. The molecule has 0 aromatic carbocycles. The SMILES string of the molecule is N#Cc1c(SCC(=O)O)[nH]c(=O)c(Cl)c1C(F)(F)F. The maximum absolute atomic E-state index is 12.7. The lowest BCUT2D eigenvalue weighted by Crippen LogP contribution is -2.19. The second-order valence-electron chi connectivity index (χ2n) is 3.14. The van der Waals surface area contributed by atoms with Crippen LogP contribution >= 0.6 is 23.4 Å². The smallest absolute Gasteiger partial charge is 0.419 e. The highest BCUT2D eigenvalue weighted by Gasteiger charge is 2.39. The van der Waals surface area contributed by atoms with Gasteiger partial charge in [0.05, 0.1) is 16.3 Å². The minimum absolute atomic E-state index is 0.397. The first kappa shape index (κ1) is 15.4. The van der Waals surface area contributed by atoms with Gasteiger partial charge in [0, 0.05) is 0 Å². The first-order chi connectivity index (χ1) is 8.68. The molecule has 0 bridgehead atoms. The minimum Gasteiger partial charge on any atom is -0.481 e. The Balaban J connectivity index is 3.51. The van der Waals surface area contributed by atoms with Crippen LogP contribution in [0.3, 0.4) is 0 Å². The zero-order valence-corrected chi connectivity index (χ0v) is 10.4. The van der Waals surface area contributed by atoms with Crippen molar-refractivity contribution >= 4 is 29.3 Å². The van der Waals surface area contributed by atoms with Crippen LogP contribution in [0.4, 0.5) is 13.2 Å². The molecule has 5 nitrogen and oxygen atoms in total. The van der Waals surface area contributed by atoms with Crippen molar-refractivity contribution in [1.82, 2.24) is 4.98 Å². The number of aromatic nitrogens is 1. The van der Waals surface area contributed by atoms with Crippen LogP contribution in [0.15, 0.2) is 9.82 Å². The molecule has 0 aliphatic heterocycles. The molecule has 0 spiro atoms. The molecule has 1 aromatic heterocycles. The zero-order valence-electron chi connectivity index (χ0n) is 8.84. The normalized spacial score (nSPS) is 11.1. The summed E-state index contributed by atoms with van der Waals surface area (Å²) in [5.74, 6) is -1.91. The van der Waals surface area contributed by atoms with Gasteiger partial charge in [-0.1, -0.05) is 23.4 Å². The van der Waals surface area contributed by atoms with E-state index in [-0.39, 0.29) is 0 Å². The Kier molecular flexibility index (Phi) is 4.49. The van der Waals surface area contributed by atoms with E-state index in [9.17, 15) is 22.8 Å². The van der Waals surface area contributed by atoms with Gasteiger partial charge in [-0.2, -0.15) is 18.4 Å². The van der Waals surface area contributed by atoms with E-state index in [1.165, 1.54) is 6.07 Å². The number of nitrogens with one attached hydrogen (secondary N) is 1. The Morgan fingerprint density at radius 3 is 2.53 bits per heavy atom.